The lowest BCUT2D eigenvalue weighted by molar-refractivity contribution is 0.134. The van der Waals surface area contributed by atoms with Crippen LogP contribution < -0.4 is 10.2 Å². The van der Waals surface area contributed by atoms with Gasteiger partial charge in [0.25, 0.3) is 0 Å². The lowest BCUT2D eigenvalue weighted by atomic mass is 10.1. The van der Waals surface area contributed by atoms with E-state index in [9.17, 15) is 4.79 Å². The van der Waals surface area contributed by atoms with Crippen LogP contribution in [0.5, 0.6) is 0 Å². The van der Waals surface area contributed by atoms with Crippen molar-refractivity contribution < 1.29 is 9.53 Å². The van der Waals surface area contributed by atoms with Crippen LogP contribution in [-0.4, -0.2) is 35.2 Å². The number of ether oxygens (including phenoxy) is 1. The molecule has 1 aliphatic rings. The van der Waals surface area contributed by atoms with Gasteiger partial charge in [0.15, 0.2) is 0 Å². The molecule has 1 N–H and O–H groups in total. The highest BCUT2D eigenvalue weighted by Gasteiger charge is 2.23. The molecular formula is C18H21ClN4O2. The molecule has 7 heteroatoms. The highest BCUT2D eigenvalue weighted by atomic mass is 35.5. The molecule has 1 atom stereocenters. The monoisotopic (exact) mass is 360 g/mol. The summed E-state index contributed by atoms with van der Waals surface area (Å²) in [7, 11) is 0. The van der Waals surface area contributed by atoms with Crippen molar-refractivity contribution in [3.05, 3.63) is 52.9 Å². The van der Waals surface area contributed by atoms with Crippen molar-refractivity contribution in [3.8, 4) is 0 Å². The van der Waals surface area contributed by atoms with E-state index in [1.807, 2.05) is 43.3 Å². The summed E-state index contributed by atoms with van der Waals surface area (Å²) in [6, 6.07) is 11.6. The number of halogens is 1. The number of rotatable bonds is 4. The first-order chi connectivity index (χ1) is 12.1. The first-order valence-corrected chi connectivity index (χ1v) is 8.71. The van der Waals surface area contributed by atoms with E-state index in [4.69, 9.17) is 16.3 Å². The highest BCUT2D eigenvalue weighted by molar-refractivity contribution is 6.28. The van der Waals surface area contributed by atoms with Gasteiger partial charge in [-0.15, -0.1) is 0 Å². The number of hydrogen-bond donors (Lipinski definition) is 1. The van der Waals surface area contributed by atoms with Gasteiger partial charge in [-0.25, -0.2) is 14.8 Å². The number of aryl methyl sites for hydroxylation is 1. The van der Waals surface area contributed by atoms with Crippen LogP contribution in [0, 0.1) is 6.92 Å². The number of carbonyl (C=O) groups excluding carboxylic acids is 1. The van der Waals surface area contributed by atoms with Gasteiger partial charge in [-0.1, -0.05) is 30.3 Å². The van der Waals surface area contributed by atoms with Gasteiger partial charge in [-0.05, 0) is 36.9 Å². The van der Waals surface area contributed by atoms with Crippen LogP contribution >= 0.6 is 11.6 Å². The molecule has 0 bridgehead atoms. The molecule has 0 saturated carbocycles. The molecule has 0 radical (unpaired) electrons. The topological polar surface area (TPSA) is 67.4 Å². The lowest BCUT2D eigenvalue weighted by Crippen LogP contribution is -2.48. The summed E-state index contributed by atoms with van der Waals surface area (Å²) in [4.78, 5) is 22.5. The molecule has 1 fully saturated rings. The molecule has 132 valence electrons. The van der Waals surface area contributed by atoms with Crippen LogP contribution in [0.1, 0.15) is 24.1 Å². The Bertz CT molecular complexity index is 706. The zero-order valence-electron chi connectivity index (χ0n) is 14.1. The van der Waals surface area contributed by atoms with E-state index < -0.39 is 6.09 Å². The maximum absolute atomic E-state index is 12.0. The van der Waals surface area contributed by atoms with Gasteiger partial charge in [-0.2, -0.15) is 0 Å². The second-order valence-electron chi connectivity index (χ2n) is 6.13. The second kappa shape index (κ2) is 8.16. The molecule has 0 unspecified atom stereocenters. The molecule has 1 aromatic carbocycles. The molecule has 2 aromatic rings. The second-order valence-corrected chi connectivity index (χ2v) is 6.47. The predicted molar refractivity (Wildman–Crippen MR) is 96.8 cm³/mol. The van der Waals surface area contributed by atoms with Crippen molar-refractivity contribution >= 4 is 23.5 Å². The van der Waals surface area contributed by atoms with Crippen molar-refractivity contribution in [3.63, 3.8) is 0 Å². The minimum absolute atomic E-state index is 0.0195. The fourth-order valence-electron chi connectivity index (χ4n) is 2.91. The number of anilines is 1. The summed E-state index contributed by atoms with van der Waals surface area (Å²) in [5.74, 6) is 0.793. The molecule has 1 aromatic heterocycles. The Morgan fingerprint density at radius 3 is 2.92 bits per heavy atom. The standard InChI is InChI=1S/C18H21ClN4O2/c1-13-10-16(22-17(19)20-13)23-9-5-8-15(11-23)21-18(24)25-12-14-6-3-2-4-7-14/h2-4,6-7,10,15H,5,8-9,11-12H2,1H3,(H,21,24)/t15-/m1/s1. The van der Waals surface area contributed by atoms with Crippen LogP contribution in [0.25, 0.3) is 0 Å². The highest BCUT2D eigenvalue weighted by Crippen LogP contribution is 2.20. The van der Waals surface area contributed by atoms with Gasteiger partial charge in [0, 0.05) is 30.9 Å². The number of hydrogen-bond acceptors (Lipinski definition) is 5. The number of aromatic nitrogens is 2. The summed E-state index contributed by atoms with van der Waals surface area (Å²) in [6.07, 6.45) is 1.48. The molecule has 3 rings (SSSR count). The number of amides is 1. The number of alkyl carbamates (subject to hydrolysis) is 1. The number of benzene rings is 1. The third kappa shape index (κ3) is 5.06. The van der Waals surface area contributed by atoms with E-state index >= 15 is 0 Å². The quantitative estimate of drug-likeness (QED) is 0.847. The Kier molecular flexibility index (Phi) is 5.71. The van der Waals surface area contributed by atoms with E-state index in [0.29, 0.717) is 6.54 Å². The first-order valence-electron chi connectivity index (χ1n) is 8.33. The van der Waals surface area contributed by atoms with E-state index in [1.165, 1.54) is 0 Å². The van der Waals surface area contributed by atoms with Gasteiger partial charge >= 0.3 is 6.09 Å². The van der Waals surface area contributed by atoms with Gasteiger partial charge in [0.2, 0.25) is 5.28 Å². The Balaban J connectivity index is 1.53. The number of nitrogens with one attached hydrogen (secondary N) is 1. The van der Waals surface area contributed by atoms with Gasteiger partial charge in [0.05, 0.1) is 0 Å². The van der Waals surface area contributed by atoms with Crippen molar-refractivity contribution in [2.45, 2.75) is 32.4 Å². The van der Waals surface area contributed by atoms with E-state index in [0.717, 1.165) is 36.5 Å². The van der Waals surface area contributed by atoms with E-state index in [1.54, 1.807) is 0 Å². The van der Waals surface area contributed by atoms with E-state index in [-0.39, 0.29) is 17.9 Å². The first kappa shape index (κ1) is 17.5. The van der Waals surface area contributed by atoms with Gasteiger partial charge in [-0.3, -0.25) is 0 Å². The average Bonchev–Trinajstić information content (AvgIpc) is 2.60. The number of piperidine rings is 1. The van der Waals surface area contributed by atoms with Crippen LogP contribution in [0.15, 0.2) is 36.4 Å². The van der Waals surface area contributed by atoms with Crippen LogP contribution in [0.2, 0.25) is 5.28 Å². The normalized spacial score (nSPS) is 17.2. The Labute approximate surface area is 152 Å². The summed E-state index contributed by atoms with van der Waals surface area (Å²) in [5.41, 5.74) is 1.79. The predicted octanol–water partition coefficient (Wildman–Crippen LogP) is 3.33. The molecule has 6 nitrogen and oxygen atoms in total. The number of nitrogens with zero attached hydrogens (tertiary/aromatic N) is 3. The number of carbonyl (C=O) groups is 1. The molecular weight excluding hydrogens is 340 g/mol. The van der Waals surface area contributed by atoms with Crippen LogP contribution in [0.4, 0.5) is 10.6 Å². The minimum atomic E-state index is -0.396. The smallest absolute Gasteiger partial charge is 0.407 e. The van der Waals surface area contributed by atoms with Crippen LogP contribution in [-0.2, 0) is 11.3 Å². The van der Waals surface area contributed by atoms with Crippen molar-refractivity contribution in [2.75, 3.05) is 18.0 Å². The van der Waals surface area contributed by atoms with Crippen LogP contribution in [0.3, 0.4) is 0 Å². The van der Waals surface area contributed by atoms with Gasteiger partial charge in [0.1, 0.15) is 12.4 Å². The van der Waals surface area contributed by atoms with Crippen molar-refractivity contribution in [1.82, 2.24) is 15.3 Å². The van der Waals surface area contributed by atoms with E-state index in [2.05, 4.69) is 20.2 Å². The Hall–Kier alpha value is -2.34. The summed E-state index contributed by atoms with van der Waals surface area (Å²) in [5, 5.41) is 3.18. The Morgan fingerprint density at radius 2 is 2.16 bits per heavy atom. The minimum Gasteiger partial charge on any atom is -0.445 e. The average molecular weight is 361 g/mol. The largest absolute Gasteiger partial charge is 0.445 e. The molecule has 0 aliphatic carbocycles. The SMILES string of the molecule is Cc1cc(N2CCC[C@@H](NC(=O)OCc3ccccc3)C2)nc(Cl)n1. The zero-order valence-corrected chi connectivity index (χ0v) is 14.9. The molecule has 2 heterocycles. The molecule has 25 heavy (non-hydrogen) atoms. The fraction of sp³-hybridized carbons (Fsp3) is 0.389. The molecule has 1 amide bonds. The maximum Gasteiger partial charge on any atom is 0.407 e. The molecule has 0 spiro atoms. The molecule has 1 saturated heterocycles. The van der Waals surface area contributed by atoms with Crippen molar-refractivity contribution in [2.24, 2.45) is 0 Å². The lowest BCUT2D eigenvalue weighted by Gasteiger charge is -2.33. The Morgan fingerprint density at radius 1 is 1.36 bits per heavy atom. The maximum atomic E-state index is 12.0. The summed E-state index contributed by atoms with van der Waals surface area (Å²) >= 11 is 5.95. The zero-order chi connectivity index (χ0) is 17.6. The van der Waals surface area contributed by atoms with Crippen molar-refractivity contribution in [1.29, 1.82) is 0 Å². The fourth-order valence-corrected chi connectivity index (χ4v) is 3.13. The third-order valence-electron chi connectivity index (χ3n) is 4.09. The van der Waals surface area contributed by atoms with Gasteiger partial charge < -0.3 is 15.0 Å². The third-order valence-corrected chi connectivity index (χ3v) is 4.26. The molecule has 1 aliphatic heterocycles. The summed E-state index contributed by atoms with van der Waals surface area (Å²) < 4.78 is 5.29. The summed E-state index contributed by atoms with van der Waals surface area (Å²) in [6.45, 7) is 3.71.